The van der Waals surface area contributed by atoms with E-state index in [1.165, 1.54) is 11.3 Å². The summed E-state index contributed by atoms with van der Waals surface area (Å²) in [6, 6.07) is 0.882. The highest BCUT2D eigenvalue weighted by Gasteiger charge is 2.33. The quantitative estimate of drug-likeness (QED) is 0.577. The van der Waals surface area contributed by atoms with E-state index < -0.39 is 11.7 Å². The molecule has 1 amide bonds. The average molecular weight is 485 g/mol. The lowest BCUT2D eigenvalue weighted by atomic mass is 9.96. The van der Waals surface area contributed by atoms with Gasteiger partial charge in [0.1, 0.15) is 5.82 Å². The van der Waals surface area contributed by atoms with Crippen molar-refractivity contribution in [3.05, 3.63) is 40.9 Å². The molecule has 4 heterocycles. The second-order valence-corrected chi connectivity index (χ2v) is 8.98. The molecular formula is C20H20ClF3N6OS. The number of thiazole rings is 1. The Bertz CT molecular complexity index is 1140. The van der Waals surface area contributed by atoms with E-state index in [1.54, 1.807) is 11.1 Å². The zero-order valence-electron chi connectivity index (χ0n) is 17.3. The lowest BCUT2D eigenvalue weighted by Crippen LogP contribution is -2.38. The molecule has 32 heavy (non-hydrogen) atoms. The van der Waals surface area contributed by atoms with Crippen LogP contribution in [0.2, 0.25) is 5.02 Å². The van der Waals surface area contributed by atoms with Crippen LogP contribution in [0.4, 0.5) is 24.1 Å². The van der Waals surface area contributed by atoms with Crippen molar-refractivity contribution < 1.29 is 18.0 Å². The number of hydrogen-bond acceptors (Lipinski definition) is 6. The molecule has 1 aliphatic rings. The summed E-state index contributed by atoms with van der Waals surface area (Å²) in [7, 11) is 1.89. The third kappa shape index (κ3) is 4.58. The molecule has 0 saturated carbocycles. The van der Waals surface area contributed by atoms with Gasteiger partial charge in [0, 0.05) is 44.6 Å². The molecule has 12 heteroatoms. The van der Waals surface area contributed by atoms with Crippen LogP contribution in [0.25, 0.3) is 10.7 Å². The second-order valence-electron chi connectivity index (χ2n) is 7.57. The van der Waals surface area contributed by atoms with Crippen molar-refractivity contribution in [2.75, 3.05) is 23.3 Å². The highest BCUT2D eigenvalue weighted by atomic mass is 35.5. The highest BCUT2D eigenvalue weighted by Crippen LogP contribution is 2.35. The van der Waals surface area contributed by atoms with Crippen molar-refractivity contribution in [1.29, 1.82) is 0 Å². The van der Waals surface area contributed by atoms with Gasteiger partial charge in [0.2, 0.25) is 5.91 Å². The van der Waals surface area contributed by atoms with Crippen molar-refractivity contribution in [3.63, 3.8) is 0 Å². The summed E-state index contributed by atoms with van der Waals surface area (Å²) >= 11 is 7.42. The minimum atomic E-state index is -4.50. The number of piperidine rings is 1. The van der Waals surface area contributed by atoms with Crippen LogP contribution in [0.5, 0.6) is 0 Å². The van der Waals surface area contributed by atoms with Crippen molar-refractivity contribution in [1.82, 2.24) is 19.5 Å². The van der Waals surface area contributed by atoms with Crippen LogP contribution >= 0.6 is 22.9 Å². The Morgan fingerprint density at radius 3 is 2.59 bits per heavy atom. The summed E-state index contributed by atoms with van der Waals surface area (Å²) in [4.78, 5) is 28.1. The van der Waals surface area contributed by atoms with E-state index in [9.17, 15) is 18.0 Å². The fourth-order valence-corrected chi connectivity index (χ4v) is 4.92. The van der Waals surface area contributed by atoms with Crippen LogP contribution in [-0.4, -0.2) is 38.5 Å². The maximum Gasteiger partial charge on any atom is 0.417 e. The van der Waals surface area contributed by atoms with Crippen molar-refractivity contribution in [2.45, 2.75) is 25.9 Å². The maximum atomic E-state index is 12.8. The molecule has 0 atom stereocenters. The summed E-state index contributed by atoms with van der Waals surface area (Å²) in [5.74, 6) is 0.722. The largest absolute Gasteiger partial charge is 0.417 e. The van der Waals surface area contributed by atoms with Crippen LogP contribution in [0.3, 0.4) is 0 Å². The number of carbonyl (C=O) groups is 1. The smallest absolute Gasteiger partial charge is 0.355 e. The molecule has 1 saturated heterocycles. The van der Waals surface area contributed by atoms with Crippen molar-refractivity contribution in [3.8, 4) is 10.7 Å². The number of halogens is 4. The number of alkyl halides is 3. The number of anilines is 2. The number of nitrogens with zero attached hydrogens (tertiary/aromatic N) is 5. The van der Waals surface area contributed by atoms with Gasteiger partial charge in [0.25, 0.3) is 0 Å². The number of imidazole rings is 1. The fraction of sp³-hybridized carbons (Fsp3) is 0.400. The molecule has 3 aromatic rings. The number of carbonyl (C=O) groups excluding carboxylic acids is 1. The van der Waals surface area contributed by atoms with E-state index in [0.717, 1.165) is 28.7 Å². The SMILES string of the molecule is Cc1nc(NC(=O)C2CCN(c3ncc(C(F)(F)F)cc3Cl)CC2)sc1-c1nccn1C. The zero-order valence-corrected chi connectivity index (χ0v) is 18.9. The number of amides is 1. The molecule has 7 nitrogen and oxygen atoms in total. The predicted molar refractivity (Wildman–Crippen MR) is 117 cm³/mol. The molecule has 170 valence electrons. The molecular weight excluding hydrogens is 465 g/mol. The third-order valence-electron chi connectivity index (χ3n) is 5.37. The molecule has 0 bridgehead atoms. The normalized spacial score (nSPS) is 15.2. The average Bonchev–Trinajstić information content (AvgIpc) is 3.32. The Balaban J connectivity index is 1.38. The number of pyridine rings is 1. The Hall–Kier alpha value is -2.66. The summed E-state index contributed by atoms with van der Waals surface area (Å²) in [6.45, 7) is 2.80. The van der Waals surface area contributed by atoms with Crippen molar-refractivity contribution in [2.24, 2.45) is 13.0 Å². The first-order valence-corrected chi connectivity index (χ1v) is 11.1. The van der Waals surface area contributed by atoms with Gasteiger partial charge < -0.3 is 14.8 Å². The van der Waals surface area contributed by atoms with Gasteiger partial charge in [-0.15, -0.1) is 0 Å². The van der Waals surface area contributed by atoms with Gasteiger partial charge in [-0.05, 0) is 25.8 Å². The summed E-state index contributed by atoms with van der Waals surface area (Å²) < 4.78 is 40.4. The van der Waals surface area contributed by atoms with E-state index >= 15 is 0 Å². The second kappa shape index (κ2) is 8.70. The number of aromatic nitrogens is 4. The van der Waals surface area contributed by atoms with Crippen molar-refractivity contribution >= 4 is 39.8 Å². The van der Waals surface area contributed by atoms with Gasteiger partial charge in [-0.25, -0.2) is 15.0 Å². The van der Waals surface area contributed by atoms with Gasteiger partial charge in [-0.3, -0.25) is 4.79 Å². The topological polar surface area (TPSA) is 75.9 Å². The molecule has 0 radical (unpaired) electrons. The molecule has 1 fully saturated rings. The number of rotatable bonds is 4. The lowest BCUT2D eigenvalue weighted by molar-refractivity contribution is -0.137. The van der Waals surface area contributed by atoms with E-state index in [1.807, 2.05) is 24.7 Å². The van der Waals surface area contributed by atoms with Crippen LogP contribution in [0.1, 0.15) is 24.1 Å². The third-order valence-corrected chi connectivity index (χ3v) is 6.71. The van der Waals surface area contributed by atoms with Gasteiger partial charge in [-0.2, -0.15) is 13.2 Å². The highest BCUT2D eigenvalue weighted by molar-refractivity contribution is 7.19. The maximum absolute atomic E-state index is 12.8. The molecule has 3 aromatic heterocycles. The van der Waals surface area contributed by atoms with Crippen LogP contribution in [0.15, 0.2) is 24.7 Å². The number of nitrogens with one attached hydrogen (secondary N) is 1. The van der Waals surface area contributed by atoms with E-state index in [2.05, 4.69) is 20.3 Å². The van der Waals surface area contributed by atoms with Crippen LogP contribution in [-0.2, 0) is 18.0 Å². The summed E-state index contributed by atoms with van der Waals surface area (Å²) in [5, 5.41) is 3.35. The minimum Gasteiger partial charge on any atom is -0.355 e. The molecule has 0 aromatic carbocycles. The monoisotopic (exact) mass is 484 g/mol. The molecule has 4 rings (SSSR count). The Morgan fingerprint density at radius 2 is 2.00 bits per heavy atom. The molecule has 1 aliphatic heterocycles. The molecule has 0 unspecified atom stereocenters. The standard InChI is InChI=1S/C20H20ClF3N6OS/c1-11-15(17-25-5-8-29(17)2)32-19(27-11)28-18(31)12-3-6-30(7-4-12)16-14(21)9-13(10-26-16)20(22,23)24/h5,8-10,12H,3-4,6-7H2,1-2H3,(H,27,28,31). The van der Waals surface area contributed by atoms with Gasteiger partial charge in [0.05, 0.1) is 21.2 Å². The van der Waals surface area contributed by atoms with Gasteiger partial charge in [0.15, 0.2) is 11.0 Å². The minimum absolute atomic E-state index is 0.0530. The first-order valence-electron chi connectivity index (χ1n) is 9.87. The number of aryl methyl sites for hydroxylation is 2. The van der Waals surface area contributed by atoms with E-state index in [0.29, 0.717) is 36.9 Å². The molecule has 1 N–H and O–H groups in total. The van der Waals surface area contributed by atoms with E-state index in [4.69, 9.17) is 11.6 Å². The van der Waals surface area contributed by atoms with Crippen LogP contribution in [0, 0.1) is 12.8 Å². The fourth-order valence-electron chi connectivity index (χ4n) is 3.62. The summed E-state index contributed by atoms with van der Waals surface area (Å²) in [5.41, 5.74) is -0.0957. The first kappa shape index (κ1) is 22.5. The Labute approximate surface area is 191 Å². The zero-order chi connectivity index (χ0) is 23.0. The Kier molecular flexibility index (Phi) is 6.13. The van der Waals surface area contributed by atoms with E-state index in [-0.39, 0.29) is 16.8 Å². The predicted octanol–water partition coefficient (Wildman–Crippen LogP) is 4.77. The number of hydrogen-bond donors (Lipinski definition) is 1. The molecule has 0 spiro atoms. The van der Waals surface area contributed by atoms with Gasteiger partial charge in [-0.1, -0.05) is 22.9 Å². The summed E-state index contributed by atoms with van der Waals surface area (Å²) in [6.07, 6.45) is 0.897. The van der Waals surface area contributed by atoms with Crippen LogP contribution < -0.4 is 10.2 Å². The Morgan fingerprint density at radius 1 is 1.28 bits per heavy atom. The van der Waals surface area contributed by atoms with Gasteiger partial charge >= 0.3 is 6.18 Å². The lowest BCUT2D eigenvalue weighted by Gasteiger charge is -2.32. The first-order chi connectivity index (χ1) is 15.1. The molecule has 0 aliphatic carbocycles.